The number of hydrogen-bond acceptors (Lipinski definition) is 2. The van der Waals surface area contributed by atoms with Gasteiger partial charge in [-0.2, -0.15) is 0 Å². The van der Waals surface area contributed by atoms with Gasteiger partial charge in [0.05, 0.1) is 0 Å². The van der Waals surface area contributed by atoms with E-state index in [1.54, 1.807) is 0 Å². The van der Waals surface area contributed by atoms with Crippen LogP contribution in [0.2, 0.25) is 0 Å². The molecule has 0 unspecified atom stereocenters. The zero-order valence-corrected chi connectivity index (χ0v) is 11.9. The number of carbonyl (C=O) groups excluding carboxylic acids is 1. The van der Waals surface area contributed by atoms with Gasteiger partial charge in [-0.25, -0.2) is 4.79 Å². The van der Waals surface area contributed by atoms with Gasteiger partial charge < -0.3 is 10.4 Å². The SMILES string of the molecule is CC1(C)CCC(CC(=O)NC(C)(C)C(=O)O)CC1. The van der Waals surface area contributed by atoms with Crippen molar-refractivity contribution in [3.8, 4) is 0 Å². The van der Waals surface area contributed by atoms with E-state index in [1.165, 1.54) is 13.8 Å². The first-order chi connectivity index (χ1) is 8.12. The van der Waals surface area contributed by atoms with Gasteiger partial charge in [0.2, 0.25) is 5.91 Å². The summed E-state index contributed by atoms with van der Waals surface area (Å²) in [5.74, 6) is -0.740. The van der Waals surface area contributed by atoms with Gasteiger partial charge in [0.15, 0.2) is 0 Å². The van der Waals surface area contributed by atoms with Crippen molar-refractivity contribution >= 4 is 11.9 Å². The second-order valence-corrected chi connectivity index (χ2v) is 6.79. The first-order valence-corrected chi connectivity index (χ1v) is 6.67. The summed E-state index contributed by atoms with van der Waals surface area (Å²) in [7, 11) is 0. The monoisotopic (exact) mass is 255 g/mol. The lowest BCUT2D eigenvalue weighted by molar-refractivity contribution is -0.146. The Kier molecular flexibility index (Phi) is 4.41. The fourth-order valence-electron chi connectivity index (χ4n) is 2.38. The molecule has 1 amide bonds. The van der Waals surface area contributed by atoms with E-state index in [0.717, 1.165) is 25.7 Å². The minimum atomic E-state index is -1.18. The molecule has 0 spiro atoms. The molecule has 0 aromatic rings. The highest BCUT2D eigenvalue weighted by Crippen LogP contribution is 2.39. The summed E-state index contributed by atoms with van der Waals surface area (Å²) < 4.78 is 0. The standard InChI is InChI=1S/C14H25NO3/c1-13(2)7-5-10(6-8-13)9-11(16)15-14(3,4)12(17)18/h10H,5-9H2,1-4H3,(H,15,16)(H,17,18). The van der Waals surface area contributed by atoms with Gasteiger partial charge in [-0.05, 0) is 50.9 Å². The lowest BCUT2D eigenvalue weighted by atomic mass is 9.72. The number of nitrogens with one attached hydrogen (secondary N) is 1. The Morgan fingerprint density at radius 2 is 1.78 bits per heavy atom. The van der Waals surface area contributed by atoms with Gasteiger partial charge in [-0.15, -0.1) is 0 Å². The largest absolute Gasteiger partial charge is 0.480 e. The van der Waals surface area contributed by atoms with E-state index in [4.69, 9.17) is 5.11 Å². The summed E-state index contributed by atoms with van der Waals surface area (Å²) in [6.45, 7) is 7.54. The quantitative estimate of drug-likeness (QED) is 0.811. The van der Waals surface area contributed by atoms with Crippen LogP contribution in [-0.2, 0) is 9.59 Å². The highest BCUT2D eigenvalue weighted by atomic mass is 16.4. The van der Waals surface area contributed by atoms with Crippen molar-refractivity contribution in [3.63, 3.8) is 0 Å². The van der Waals surface area contributed by atoms with Gasteiger partial charge in [0, 0.05) is 6.42 Å². The maximum atomic E-state index is 11.8. The van der Waals surface area contributed by atoms with Crippen LogP contribution < -0.4 is 5.32 Å². The van der Waals surface area contributed by atoms with Crippen LogP contribution in [0.4, 0.5) is 0 Å². The molecule has 0 heterocycles. The van der Waals surface area contributed by atoms with E-state index in [-0.39, 0.29) is 5.91 Å². The predicted molar refractivity (Wildman–Crippen MR) is 70.2 cm³/mol. The summed E-state index contributed by atoms with van der Waals surface area (Å²) in [6, 6.07) is 0. The second kappa shape index (κ2) is 5.29. The Labute approximate surface area is 109 Å². The Hall–Kier alpha value is -1.06. The highest BCUT2D eigenvalue weighted by Gasteiger charge is 2.31. The molecule has 2 N–H and O–H groups in total. The third kappa shape index (κ3) is 4.31. The molecule has 4 heteroatoms. The topological polar surface area (TPSA) is 66.4 Å². The smallest absolute Gasteiger partial charge is 0.328 e. The molecule has 0 aliphatic heterocycles. The summed E-state index contributed by atoms with van der Waals surface area (Å²) >= 11 is 0. The average Bonchev–Trinajstić information content (AvgIpc) is 2.20. The first-order valence-electron chi connectivity index (χ1n) is 6.67. The third-order valence-electron chi connectivity index (χ3n) is 3.92. The van der Waals surface area contributed by atoms with Gasteiger partial charge in [-0.1, -0.05) is 13.8 Å². The molecule has 1 saturated carbocycles. The van der Waals surface area contributed by atoms with Crippen molar-refractivity contribution in [3.05, 3.63) is 0 Å². The molecule has 0 radical (unpaired) electrons. The molecule has 0 bridgehead atoms. The van der Waals surface area contributed by atoms with Crippen LogP contribution in [0.15, 0.2) is 0 Å². The molecule has 0 aromatic carbocycles. The van der Waals surface area contributed by atoms with Crippen molar-refractivity contribution in [2.45, 2.75) is 65.3 Å². The fraction of sp³-hybridized carbons (Fsp3) is 0.857. The molecule has 1 rings (SSSR count). The van der Waals surface area contributed by atoms with E-state index in [9.17, 15) is 9.59 Å². The molecule has 4 nitrogen and oxygen atoms in total. The number of carboxylic acid groups (broad SMARTS) is 1. The number of carbonyl (C=O) groups is 2. The van der Waals surface area contributed by atoms with E-state index in [2.05, 4.69) is 19.2 Å². The number of hydrogen-bond donors (Lipinski definition) is 2. The van der Waals surface area contributed by atoms with Crippen molar-refractivity contribution in [1.82, 2.24) is 5.32 Å². The molecule has 104 valence electrons. The van der Waals surface area contributed by atoms with Crippen molar-refractivity contribution < 1.29 is 14.7 Å². The van der Waals surface area contributed by atoms with Crippen molar-refractivity contribution in [2.75, 3.05) is 0 Å². The summed E-state index contributed by atoms with van der Waals surface area (Å²) in [4.78, 5) is 22.7. The lowest BCUT2D eigenvalue weighted by Crippen LogP contribution is -2.50. The molecule has 1 fully saturated rings. The molecular formula is C14H25NO3. The zero-order valence-electron chi connectivity index (χ0n) is 11.9. The normalized spacial score (nSPS) is 20.4. The maximum Gasteiger partial charge on any atom is 0.328 e. The molecule has 1 aliphatic carbocycles. The first kappa shape index (κ1) is 15.0. The van der Waals surface area contributed by atoms with Crippen LogP contribution in [0.5, 0.6) is 0 Å². The van der Waals surface area contributed by atoms with Crippen LogP contribution in [0.25, 0.3) is 0 Å². The van der Waals surface area contributed by atoms with E-state index in [0.29, 0.717) is 17.8 Å². The molecule has 0 saturated heterocycles. The fourth-order valence-corrected chi connectivity index (χ4v) is 2.38. The molecule has 1 aliphatic rings. The van der Waals surface area contributed by atoms with E-state index in [1.807, 2.05) is 0 Å². The van der Waals surface area contributed by atoms with Crippen LogP contribution in [0.1, 0.15) is 59.8 Å². The third-order valence-corrected chi connectivity index (χ3v) is 3.92. The zero-order chi connectivity index (χ0) is 14.0. The van der Waals surface area contributed by atoms with Crippen molar-refractivity contribution in [2.24, 2.45) is 11.3 Å². The van der Waals surface area contributed by atoms with Crippen LogP contribution in [0.3, 0.4) is 0 Å². The van der Waals surface area contributed by atoms with E-state index >= 15 is 0 Å². The number of aliphatic carboxylic acids is 1. The lowest BCUT2D eigenvalue weighted by Gasteiger charge is -2.34. The number of rotatable bonds is 4. The Morgan fingerprint density at radius 1 is 1.28 bits per heavy atom. The van der Waals surface area contributed by atoms with E-state index < -0.39 is 11.5 Å². The van der Waals surface area contributed by atoms with Gasteiger partial charge in [0.25, 0.3) is 0 Å². The molecular weight excluding hydrogens is 230 g/mol. The molecule has 0 atom stereocenters. The minimum absolute atomic E-state index is 0.146. The summed E-state index contributed by atoms with van der Waals surface area (Å²) in [5.41, 5.74) is -0.779. The Morgan fingerprint density at radius 3 is 2.22 bits per heavy atom. The molecule has 0 aromatic heterocycles. The summed E-state index contributed by atoms with van der Waals surface area (Å²) in [6.07, 6.45) is 4.87. The maximum absolute atomic E-state index is 11.8. The van der Waals surface area contributed by atoms with Gasteiger partial charge in [-0.3, -0.25) is 4.79 Å². The summed E-state index contributed by atoms with van der Waals surface area (Å²) in [5, 5.41) is 11.5. The Bertz CT molecular complexity index is 324. The second-order valence-electron chi connectivity index (χ2n) is 6.79. The van der Waals surface area contributed by atoms with Gasteiger partial charge >= 0.3 is 5.97 Å². The van der Waals surface area contributed by atoms with Crippen LogP contribution in [0, 0.1) is 11.3 Å². The Balaban J connectivity index is 2.40. The molecule has 18 heavy (non-hydrogen) atoms. The average molecular weight is 255 g/mol. The number of amides is 1. The predicted octanol–water partition coefficient (Wildman–Crippen LogP) is 2.57. The van der Waals surface area contributed by atoms with Crippen molar-refractivity contribution in [1.29, 1.82) is 0 Å². The minimum Gasteiger partial charge on any atom is -0.480 e. The van der Waals surface area contributed by atoms with Crippen LogP contribution >= 0.6 is 0 Å². The van der Waals surface area contributed by atoms with Crippen LogP contribution in [-0.4, -0.2) is 22.5 Å². The highest BCUT2D eigenvalue weighted by molar-refractivity contribution is 5.86. The van der Waals surface area contributed by atoms with Gasteiger partial charge in [0.1, 0.15) is 5.54 Å². The number of carboxylic acids is 1.